The second kappa shape index (κ2) is 47.1. The van der Waals surface area contributed by atoms with Crippen LogP contribution < -0.4 is 5.32 Å². The number of nitrogens with one attached hydrogen (secondary N) is 1. The quantitative estimate of drug-likeness (QED) is 0.0246. The molecular weight excluding hydrogens is 743 g/mol. The predicted molar refractivity (Wildman–Crippen MR) is 259 cm³/mol. The Morgan fingerprint density at radius 3 is 1.45 bits per heavy atom. The molecule has 0 aromatic carbocycles. The molecule has 3 unspecified atom stereocenters. The fraction of sp³-hybridized carbons (Fsp3) is 0.704. The van der Waals surface area contributed by atoms with Crippen LogP contribution in [0.2, 0.25) is 0 Å². The molecule has 0 aliphatic carbocycles. The van der Waals surface area contributed by atoms with Gasteiger partial charge in [0.25, 0.3) is 0 Å². The third-order valence-electron chi connectivity index (χ3n) is 10.9. The van der Waals surface area contributed by atoms with Crippen LogP contribution in [0.4, 0.5) is 0 Å². The van der Waals surface area contributed by atoms with Crippen LogP contribution in [0.25, 0.3) is 0 Å². The molecule has 0 heterocycles. The smallest absolute Gasteiger partial charge is 0.306 e. The molecule has 0 aromatic heterocycles. The maximum atomic E-state index is 13.2. The number of ether oxygens (including phenoxy) is 1. The van der Waals surface area contributed by atoms with E-state index in [1.54, 1.807) is 0 Å². The van der Waals surface area contributed by atoms with Crippen molar-refractivity contribution in [1.29, 1.82) is 0 Å². The van der Waals surface area contributed by atoms with Gasteiger partial charge in [-0.2, -0.15) is 0 Å². The molecular formula is C54H93NO5. The van der Waals surface area contributed by atoms with Gasteiger partial charge in [-0.05, 0) is 64.2 Å². The Morgan fingerprint density at radius 1 is 0.500 bits per heavy atom. The number of allylic oxidation sites excluding steroid dienone is 14. The highest BCUT2D eigenvalue weighted by atomic mass is 16.5. The van der Waals surface area contributed by atoms with Crippen LogP contribution in [0.15, 0.2) is 85.1 Å². The van der Waals surface area contributed by atoms with Gasteiger partial charge in [0, 0.05) is 6.42 Å². The molecule has 0 saturated heterocycles. The Bertz CT molecular complexity index is 1160. The van der Waals surface area contributed by atoms with Crippen molar-refractivity contribution >= 4 is 11.9 Å². The molecule has 6 heteroatoms. The standard InChI is InChI=1S/C54H93NO5/c1-4-7-10-13-16-19-22-24-25-26-27-29-32-35-38-41-44-47-54(59)60-50(45-42-39-36-33-30-21-18-15-12-9-6-3)48-53(58)55-51(49-56)52(57)46-43-40-37-34-31-28-23-20-17-14-11-8-5-2/h7,10,13,16,19,22,24-27,29,32-33,36,50-52,56-57H,4-6,8-9,11-12,14-15,17-18,20-21,23,28,30-31,34-35,37-49H2,1-3H3,(H,55,58)/b10-7-,16-13+,22-19+,25-24-,27-26+,32-29+,36-33-. The number of aliphatic hydroxyl groups excluding tert-OH is 2. The minimum Gasteiger partial charge on any atom is -0.462 e. The van der Waals surface area contributed by atoms with E-state index < -0.39 is 18.2 Å². The van der Waals surface area contributed by atoms with Gasteiger partial charge in [-0.25, -0.2) is 0 Å². The zero-order valence-electron chi connectivity index (χ0n) is 39.1. The van der Waals surface area contributed by atoms with Gasteiger partial charge in [0.15, 0.2) is 0 Å². The van der Waals surface area contributed by atoms with Gasteiger partial charge in [-0.15, -0.1) is 0 Å². The fourth-order valence-corrected chi connectivity index (χ4v) is 7.11. The van der Waals surface area contributed by atoms with E-state index in [1.807, 2.05) is 54.7 Å². The lowest BCUT2D eigenvalue weighted by atomic mass is 10.0. The maximum Gasteiger partial charge on any atom is 0.306 e. The molecule has 60 heavy (non-hydrogen) atoms. The number of esters is 1. The summed E-state index contributed by atoms with van der Waals surface area (Å²) in [7, 11) is 0. The Labute approximate surface area is 370 Å². The molecule has 0 aromatic rings. The zero-order chi connectivity index (χ0) is 43.8. The van der Waals surface area contributed by atoms with Crippen molar-refractivity contribution < 1.29 is 24.5 Å². The van der Waals surface area contributed by atoms with Crippen LogP contribution in [0.3, 0.4) is 0 Å². The van der Waals surface area contributed by atoms with Gasteiger partial charge < -0.3 is 20.3 Å². The lowest BCUT2D eigenvalue weighted by Gasteiger charge is -2.24. The summed E-state index contributed by atoms with van der Waals surface area (Å²) in [5.41, 5.74) is 0. The van der Waals surface area contributed by atoms with E-state index in [0.29, 0.717) is 19.3 Å². The van der Waals surface area contributed by atoms with E-state index in [0.717, 1.165) is 70.6 Å². The predicted octanol–water partition coefficient (Wildman–Crippen LogP) is 14.8. The van der Waals surface area contributed by atoms with Crippen molar-refractivity contribution in [2.75, 3.05) is 6.61 Å². The van der Waals surface area contributed by atoms with Gasteiger partial charge in [0.2, 0.25) is 5.91 Å². The first-order valence-electron chi connectivity index (χ1n) is 24.9. The highest BCUT2D eigenvalue weighted by Gasteiger charge is 2.24. The molecule has 1 amide bonds. The average molecular weight is 836 g/mol. The van der Waals surface area contributed by atoms with E-state index in [-0.39, 0.29) is 24.9 Å². The third kappa shape index (κ3) is 41.8. The van der Waals surface area contributed by atoms with E-state index in [2.05, 4.69) is 56.5 Å². The Hall–Kier alpha value is -2.96. The fourth-order valence-electron chi connectivity index (χ4n) is 7.11. The van der Waals surface area contributed by atoms with E-state index in [9.17, 15) is 19.8 Å². The molecule has 0 radical (unpaired) electrons. The van der Waals surface area contributed by atoms with Crippen molar-refractivity contribution in [2.24, 2.45) is 0 Å². The lowest BCUT2D eigenvalue weighted by Crippen LogP contribution is -2.46. The van der Waals surface area contributed by atoms with Crippen LogP contribution in [-0.4, -0.2) is 46.9 Å². The summed E-state index contributed by atoms with van der Waals surface area (Å²) in [6.45, 7) is 6.30. The van der Waals surface area contributed by atoms with Crippen molar-refractivity contribution in [3.8, 4) is 0 Å². The number of aliphatic hydroxyl groups is 2. The summed E-state index contributed by atoms with van der Waals surface area (Å²) in [5, 5.41) is 23.7. The number of hydrogen-bond donors (Lipinski definition) is 3. The summed E-state index contributed by atoms with van der Waals surface area (Å²) >= 11 is 0. The monoisotopic (exact) mass is 836 g/mol. The van der Waals surface area contributed by atoms with Crippen molar-refractivity contribution in [3.63, 3.8) is 0 Å². The minimum absolute atomic E-state index is 0.0344. The van der Waals surface area contributed by atoms with E-state index >= 15 is 0 Å². The molecule has 344 valence electrons. The molecule has 0 rings (SSSR count). The first-order chi connectivity index (χ1) is 29.5. The molecule has 0 fully saturated rings. The molecule has 3 atom stereocenters. The maximum absolute atomic E-state index is 13.2. The zero-order valence-corrected chi connectivity index (χ0v) is 39.1. The molecule has 0 aliphatic rings. The number of hydrogen-bond acceptors (Lipinski definition) is 5. The van der Waals surface area contributed by atoms with Crippen LogP contribution in [-0.2, 0) is 14.3 Å². The second-order valence-corrected chi connectivity index (χ2v) is 16.6. The van der Waals surface area contributed by atoms with Crippen molar-refractivity contribution in [2.45, 2.75) is 238 Å². The number of amides is 1. The first kappa shape index (κ1) is 57.0. The minimum atomic E-state index is -0.805. The second-order valence-electron chi connectivity index (χ2n) is 16.6. The van der Waals surface area contributed by atoms with Crippen molar-refractivity contribution in [3.05, 3.63) is 85.1 Å². The van der Waals surface area contributed by atoms with E-state index in [1.165, 1.54) is 103 Å². The Kier molecular flexibility index (Phi) is 44.8. The average Bonchev–Trinajstić information content (AvgIpc) is 3.24. The molecule has 0 spiro atoms. The normalized spacial score (nSPS) is 14.0. The van der Waals surface area contributed by atoms with Crippen LogP contribution >= 0.6 is 0 Å². The molecule has 0 bridgehead atoms. The highest BCUT2D eigenvalue weighted by Crippen LogP contribution is 2.17. The Morgan fingerprint density at radius 2 is 0.933 bits per heavy atom. The summed E-state index contributed by atoms with van der Waals surface area (Å²) in [4.78, 5) is 26.1. The number of rotatable bonds is 43. The topological polar surface area (TPSA) is 95.9 Å². The van der Waals surface area contributed by atoms with Gasteiger partial charge in [0.05, 0.1) is 25.2 Å². The Balaban J connectivity index is 4.68. The summed E-state index contributed by atoms with van der Waals surface area (Å²) in [6.07, 6.45) is 60.7. The van der Waals surface area contributed by atoms with Gasteiger partial charge >= 0.3 is 5.97 Å². The SMILES string of the molecule is CC\C=C/C=C/C=C/C=C\C=C\C=C\CCCCCC(=O)OC(CCC/C=C\CCCCCCCC)CC(=O)NC(CO)C(O)CCCCCCCCCCCCCCC. The van der Waals surface area contributed by atoms with Gasteiger partial charge in [0.1, 0.15) is 6.10 Å². The number of carbonyl (C=O) groups excluding carboxylic acids is 2. The van der Waals surface area contributed by atoms with Gasteiger partial charge in [-0.1, -0.05) is 228 Å². The molecule has 3 N–H and O–H groups in total. The summed E-state index contributed by atoms with van der Waals surface area (Å²) in [6, 6.07) is -0.722. The number of carbonyl (C=O) groups is 2. The lowest BCUT2D eigenvalue weighted by molar-refractivity contribution is -0.151. The van der Waals surface area contributed by atoms with Crippen LogP contribution in [0.1, 0.15) is 220 Å². The van der Waals surface area contributed by atoms with E-state index in [4.69, 9.17) is 4.74 Å². The highest BCUT2D eigenvalue weighted by molar-refractivity contribution is 5.77. The van der Waals surface area contributed by atoms with Crippen LogP contribution in [0.5, 0.6) is 0 Å². The molecule has 0 aliphatic heterocycles. The molecule has 6 nitrogen and oxygen atoms in total. The van der Waals surface area contributed by atoms with Gasteiger partial charge in [-0.3, -0.25) is 9.59 Å². The number of unbranched alkanes of at least 4 members (excludes halogenated alkanes) is 22. The third-order valence-corrected chi connectivity index (χ3v) is 10.9. The first-order valence-corrected chi connectivity index (χ1v) is 24.9. The summed E-state index contributed by atoms with van der Waals surface area (Å²) in [5.74, 6) is -0.560. The molecule has 0 saturated carbocycles. The largest absolute Gasteiger partial charge is 0.462 e. The van der Waals surface area contributed by atoms with Crippen LogP contribution in [0, 0.1) is 0 Å². The van der Waals surface area contributed by atoms with Crippen molar-refractivity contribution in [1.82, 2.24) is 5.32 Å². The summed E-state index contributed by atoms with van der Waals surface area (Å²) < 4.78 is 5.88.